The van der Waals surface area contributed by atoms with Crippen molar-refractivity contribution in [2.45, 2.75) is 19.4 Å². The summed E-state index contributed by atoms with van der Waals surface area (Å²) in [7, 11) is 0. The van der Waals surface area contributed by atoms with E-state index in [1.807, 2.05) is 0 Å². The van der Waals surface area contributed by atoms with Crippen LogP contribution in [0.15, 0.2) is 12.3 Å². The zero-order valence-electron chi connectivity index (χ0n) is 6.43. The Bertz CT molecular complexity index is 255. The van der Waals surface area contributed by atoms with Crippen LogP contribution in [0.25, 0.3) is 0 Å². The van der Waals surface area contributed by atoms with Gasteiger partial charge in [-0.3, -0.25) is 4.98 Å². The van der Waals surface area contributed by atoms with Gasteiger partial charge in [-0.1, -0.05) is 11.6 Å². The highest BCUT2D eigenvalue weighted by molar-refractivity contribution is 6.30. The van der Waals surface area contributed by atoms with Crippen molar-refractivity contribution in [3.63, 3.8) is 0 Å². The number of nitrogens with zero attached hydrogens (tertiary/aromatic N) is 1. The normalized spacial score (nSPS) is 11.6. The molecule has 1 aromatic rings. The SMILES string of the molecule is CC(C)(O)c1cn[c]c(Cl)c1. The second kappa shape index (κ2) is 2.80. The predicted molar refractivity (Wildman–Crippen MR) is 43.3 cm³/mol. The molecule has 0 atom stereocenters. The van der Waals surface area contributed by atoms with Crippen LogP contribution in [0.3, 0.4) is 0 Å². The zero-order valence-corrected chi connectivity index (χ0v) is 7.18. The highest BCUT2D eigenvalue weighted by Crippen LogP contribution is 2.20. The summed E-state index contributed by atoms with van der Waals surface area (Å²) in [6, 6.07) is 1.65. The minimum absolute atomic E-state index is 0.421. The zero-order chi connectivity index (χ0) is 8.48. The Morgan fingerprint density at radius 2 is 2.27 bits per heavy atom. The molecule has 0 spiro atoms. The molecule has 59 valence electrons. The van der Waals surface area contributed by atoms with Crippen LogP contribution in [0.4, 0.5) is 0 Å². The molecule has 0 unspecified atom stereocenters. The third-order valence-electron chi connectivity index (χ3n) is 1.36. The van der Waals surface area contributed by atoms with Crippen molar-refractivity contribution >= 4 is 11.6 Å². The van der Waals surface area contributed by atoms with E-state index >= 15 is 0 Å². The quantitative estimate of drug-likeness (QED) is 0.697. The Balaban J connectivity index is 3.06. The first kappa shape index (κ1) is 8.50. The summed E-state index contributed by atoms with van der Waals surface area (Å²) >= 11 is 5.62. The topological polar surface area (TPSA) is 33.1 Å². The molecule has 0 aliphatic rings. The summed E-state index contributed by atoms with van der Waals surface area (Å²) < 4.78 is 0. The summed E-state index contributed by atoms with van der Waals surface area (Å²) in [5, 5.41) is 9.92. The molecule has 1 heterocycles. The molecule has 1 aromatic heterocycles. The fraction of sp³-hybridized carbons (Fsp3) is 0.375. The van der Waals surface area contributed by atoms with Gasteiger partial charge in [0.2, 0.25) is 0 Å². The first-order valence-corrected chi connectivity index (χ1v) is 3.64. The van der Waals surface area contributed by atoms with Gasteiger partial charge in [0.25, 0.3) is 0 Å². The number of aromatic nitrogens is 1. The number of halogens is 1. The van der Waals surface area contributed by atoms with Gasteiger partial charge in [-0.15, -0.1) is 0 Å². The van der Waals surface area contributed by atoms with Gasteiger partial charge < -0.3 is 5.11 Å². The summed E-state index contributed by atoms with van der Waals surface area (Å²) in [5.74, 6) is 0. The lowest BCUT2D eigenvalue weighted by molar-refractivity contribution is 0.0782. The second-order valence-corrected chi connectivity index (χ2v) is 3.28. The van der Waals surface area contributed by atoms with Crippen molar-refractivity contribution in [1.82, 2.24) is 4.98 Å². The lowest BCUT2D eigenvalue weighted by Gasteiger charge is -2.16. The van der Waals surface area contributed by atoms with E-state index in [9.17, 15) is 5.11 Å². The Morgan fingerprint density at radius 1 is 1.64 bits per heavy atom. The van der Waals surface area contributed by atoms with Gasteiger partial charge in [-0.25, -0.2) is 0 Å². The third kappa shape index (κ3) is 2.17. The maximum atomic E-state index is 9.50. The maximum Gasteiger partial charge on any atom is 0.109 e. The summed E-state index contributed by atoms with van der Waals surface area (Å²) in [4.78, 5) is 3.73. The van der Waals surface area contributed by atoms with Crippen molar-refractivity contribution < 1.29 is 5.11 Å². The molecule has 0 bridgehead atoms. The molecule has 0 saturated carbocycles. The number of aliphatic hydroxyl groups is 1. The monoisotopic (exact) mass is 170 g/mol. The average molecular weight is 171 g/mol. The highest BCUT2D eigenvalue weighted by Gasteiger charge is 2.15. The molecule has 2 nitrogen and oxygen atoms in total. The standard InChI is InChI=1S/C8H9ClNO/c1-8(2,11)6-3-7(9)5-10-4-6/h3-4,11H,1-2H3. The van der Waals surface area contributed by atoms with Crippen LogP contribution < -0.4 is 0 Å². The Kier molecular flexibility index (Phi) is 2.16. The van der Waals surface area contributed by atoms with Gasteiger partial charge in [0, 0.05) is 11.8 Å². The molecule has 0 aliphatic heterocycles. The number of rotatable bonds is 1. The second-order valence-electron chi connectivity index (χ2n) is 2.88. The molecule has 0 aliphatic carbocycles. The van der Waals surface area contributed by atoms with Crippen molar-refractivity contribution in [3.05, 3.63) is 29.0 Å². The van der Waals surface area contributed by atoms with Crippen LogP contribution in [-0.4, -0.2) is 10.1 Å². The molecule has 11 heavy (non-hydrogen) atoms. The van der Waals surface area contributed by atoms with Gasteiger partial charge in [-0.05, 0) is 19.9 Å². The Morgan fingerprint density at radius 3 is 2.64 bits per heavy atom. The van der Waals surface area contributed by atoms with E-state index < -0.39 is 5.60 Å². The predicted octanol–water partition coefficient (Wildman–Crippen LogP) is 1.76. The molecule has 1 rings (SSSR count). The van der Waals surface area contributed by atoms with Crippen LogP contribution in [0, 0.1) is 6.20 Å². The number of hydrogen-bond donors (Lipinski definition) is 1. The van der Waals surface area contributed by atoms with Crippen molar-refractivity contribution in [2.24, 2.45) is 0 Å². The minimum Gasteiger partial charge on any atom is -0.386 e. The summed E-state index contributed by atoms with van der Waals surface area (Å²) in [5.41, 5.74) is -0.188. The minimum atomic E-state index is -0.883. The van der Waals surface area contributed by atoms with E-state index in [4.69, 9.17) is 11.6 Å². The van der Waals surface area contributed by atoms with Crippen molar-refractivity contribution in [3.8, 4) is 0 Å². The van der Waals surface area contributed by atoms with Crippen LogP contribution in [0.1, 0.15) is 19.4 Å². The molecule has 3 heteroatoms. The molecule has 1 radical (unpaired) electrons. The van der Waals surface area contributed by atoms with Crippen LogP contribution in [0.5, 0.6) is 0 Å². The lowest BCUT2D eigenvalue weighted by Crippen LogP contribution is -2.15. The first-order valence-electron chi connectivity index (χ1n) is 3.26. The van der Waals surface area contributed by atoms with E-state index in [1.54, 1.807) is 26.1 Å². The van der Waals surface area contributed by atoms with Gasteiger partial charge in [0.05, 0.1) is 10.6 Å². The summed E-state index contributed by atoms with van der Waals surface area (Å²) in [6.07, 6.45) is 4.10. The van der Waals surface area contributed by atoms with E-state index in [-0.39, 0.29) is 0 Å². The van der Waals surface area contributed by atoms with E-state index in [1.165, 1.54) is 0 Å². The molecule has 0 saturated heterocycles. The lowest BCUT2D eigenvalue weighted by atomic mass is 10.0. The highest BCUT2D eigenvalue weighted by atomic mass is 35.5. The van der Waals surface area contributed by atoms with Crippen LogP contribution in [-0.2, 0) is 5.60 Å². The van der Waals surface area contributed by atoms with Crippen molar-refractivity contribution in [1.29, 1.82) is 0 Å². The molecular formula is C8H9ClNO. The fourth-order valence-electron chi connectivity index (χ4n) is 0.704. The Hall–Kier alpha value is -0.600. The van der Waals surface area contributed by atoms with Gasteiger partial charge >= 0.3 is 0 Å². The molecule has 0 amide bonds. The van der Waals surface area contributed by atoms with E-state index in [2.05, 4.69) is 11.2 Å². The maximum absolute atomic E-state index is 9.50. The summed E-state index contributed by atoms with van der Waals surface area (Å²) in [6.45, 7) is 3.36. The third-order valence-corrected chi connectivity index (χ3v) is 1.56. The first-order chi connectivity index (χ1) is 5.00. The Labute approximate surface area is 70.8 Å². The van der Waals surface area contributed by atoms with Gasteiger partial charge in [-0.2, -0.15) is 0 Å². The molecule has 0 fully saturated rings. The smallest absolute Gasteiger partial charge is 0.109 e. The number of pyridine rings is 1. The number of hydrogen-bond acceptors (Lipinski definition) is 2. The largest absolute Gasteiger partial charge is 0.386 e. The van der Waals surface area contributed by atoms with Crippen molar-refractivity contribution in [2.75, 3.05) is 0 Å². The average Bonchev–Trinajstić information content (AvgIpc) is 1.86. The molecular weight excluding hydrogens is 162 g/mol. The molecule has 0 aromatic carbocycles. The van der Waals surface area contributed by atoms with Gasteiger partial charge in [0.15, 0.2) is 0 Å². The van der Waals surface area contributed by atoms with Crippen LogP contribution >= 0.6 is 11.6 Å². The van der Waals surface area contributed by atoms with E-state index in [0.29, 0.717) is 10.6 Å². The van der Waals surface area contributed by atoms with Gasteiger partial charge in [0.1, 0.15) is 6.20 Å². The molecule has 1 N–H and O–H groups in total. The fourth-order valence-corrected chi connectivity index (χ4v) is 0.870. The van der Waals surface area contributed by atoms with E-state index in [0.717, 1.165) is 0 Å². The van der Waals surface area contributed by atoms with Crippen LogP contribution in [0.2, 0.25) is 5.02 Å².